The van der Waals surface area contributed by atoms with Crippen molar-refractivity contribution in [2.45, 2.75) is 0 Å². The maximum Gasteiger partial charge on any atom is 0.343 e. The van der Waals surface area contributed by atoms with Crippen molar-refractivity contribution in [3.63, 3.8) is 0 Å². The number of carbonyl (C=O) groups is 1. The molecule has 2 N–H and O–H groups in total. The van der Waals surface area contributed by atoms with Gasteiger partial charge in [-0.05, 0) is 0 Å². The van der Waals surface area contributed by atoms with Crippen molar-refractivity contribution >= 4 is 29.6 Å². The van der Waals surface area contributed by atoms with E-state index >= 15 is 0 Å². The minimum absolute atomic E-state index is 0.0983. The molecule has 0 aromatic carbocycles. The zero-order valence-electron chi connectivity index (χ0n) is 9.28. The number of hydrazine groups is 2. The molecule has 0 aliphatic carbocycles. The molecule has 0 aromatic rings. The fraction of sp³-hybridized carbons (Fsp3) is 0.889. The Morgan fingerprint density at radius 1 is 0.812 bits per heavy atom. The Morgan fingerprint density at radius 2 is 1.19 bits per heavy atom. The van der Waals surface area contributed by atoms with E-state index in [0.717, 1.165) is 49.2 Å². The Kier molecular flexibility index (Phi) is 5.08. The van der Waals surface area contributed by atoms with Crippen LogP contribution in [0.25, 0.3) is 0 Å². The molecule has 2 aliphatic heterocycles. The molecule has 0 aromatic heterocycles. The second-order valence-electron chi connectivity index (χ2n) is 3.75. The summed E-state index contributed by atoms with van der Waals surface area (Å²) in [6.45, 7) is 3.75. The number of hydrogen-bond donors (Lipinski definition) is 2. The monoisotopic (exact) mass is 262 g/mol. The highest BCUT2D eigenvalue weighted by Crippen LogP contribution is 2.08. The van der Waals surface area contributed by atoms with Crippen molar-refractivity contribution in [3.8, 4) is 0 Å². The van der Waals surface area contributed by atoms with Gasteiger partial charge in [-0.15, -0.1) is 0 Å². The minimum atomic E-state index is -0.0983. The van der Waals surface area contributed by atoms with Gasteiger partial charge in [0.05, 0.1) is 0 Å². The number of carbonyl (C=O) groups excluding carboxylic acids is 1. The van der Waals surface area contributed by atoms with Crippen molar-refractivity contribution in [2.24, 2.45) is 0 Å². The Labute approximate surface area is 105 Å². The Morgan fingerprint density at radius 3 is 1.56 bits per heavy atom. The maximum absolute atomic E-state index is 11.7. The van der Waals surface area contributed by atoms with Crippen molar-refractivity contribution in [1.82, 2.24) is 20.9 Å². The van der Waals surface area contributed by atoms with Crippen LogP contribution in [0.2, 0.25) is 0 Å². The van der Waals surface area contributed by atoms with Crippen LogP contribution in [-0.2, 0) is 0 Å². The topological polar surface area (TPSA) is 47.6 Å². The van der Waals surface area contributed by atoms with E-state index < -0.39 is 0 Å². The average Bonchev–Trinajstić information content (AvgIpc) is 2.31. The molecular formula is C9H18N4OS2. The number of nitrogens with one attached hydrogen (secondary N) is 2. The minimum Gasteiger partial charge on any atom is -0.269 e. The van der Waals surface area contributed by atoms with Crippen LogP contribution >= 0.6 is 23.5 Å². The number of hydrogen-bond acceptors (Lipinski definition) is 5. The summed E-state index contributed by atoms with van der Waals surface area (Å²) >= 11 is 3.87. The zero-order chi connectivity index (χ0) is 11.2. The SMILES string of the molecule is O=C(NN1CCSCC1)NN1CCSCC1. The van der Waals surface area contributed by atoms with Crippen LogP contribution < -0.4 is 10.9 Å². The van der Waals surface area contributed by atoms with Crippen LogP contribution in [0, 0.1) is 0 Å². The standard InChI is InChI=1S/C9H18N4OS2/c14-9(10-12-1-5-15-6-2-12)11-13-3-7-16-8-4-13/h1-8H2,(H2,10,11,14). The molecule has 2 amide bonds. The van der Waals surface area contributed by atoms with Gasteiger partial charge in [0.2, 0.25) is 0 Å². The molecule has 5 nitrogen and oxygen atoms in total. The van der Waals surface area contributed by atoms with E-state index in [0.29, 0.717) is 0 Å². The third-order valence-corrected chi connectivity index (χ3v) is 4.43. The third kappa shape index (κ3) is 4.04. The molecule has 0 spiro atoms. The van der Waals surface area contributed by atoms with Gasteiger partial charge in [0.25, 0.3) is 0 Å². The van der Waals surface area contributed by atoms with Crippen LogP contribution in [0.4, 0.5) is 4.79 Å². The van der Waals surface area contributed by atoms with Gasteiger partial charge in [-0.25, -0.2) is 14.8 Å². The van der Waals surface area contributed by atoms with Gasteiger partial charge in [-0.2, -0.15) is 23.5 Å². The molecule has 16 heavy (non-hydrogen) atoms. The quantitative estimate of drug-likeness (QED) is 0.745. The number of amides is 2. The fourth-order valence-corrected chi connectivity index (χ4v) is 3.47. The molecule has 2 saturated heterocycles. The van der Waals surface area contributed by atoms with Gasteiger partial charge >= 0.3 is 6.03 Å². The van der Waals surface area contributed by atoms with E-state index in [4.69, 9.17) is 0 Å². The molecule has 0 radical (unpaired) electrons. The summed E-state index contributed by atoms with van der Waals surface area (Å²) in [5.41, 5.74) is 5.78. The van der Waals surface area contributed by atoms with Crippen LogP contribution in [0.1, 0.15) is 0 Å². The fourth-order valence-electron chi connectivity index (χ4n) is 1.66. The summed E-state index contributed by atoms with van der Waals surface area (Å²) < 4.78 is 0. The van der Waals surface area contributed by atoms with Gasteiger partial charge in [-0.3, -0.25) is 10.9 Å². The van der Waals surface area contributed by atoms with Crippen LogP contribution in [-0.4, -0.2) is 65.2 Å². The summed E-state index contributed by atoms with van der Waals surface area (Å²) in [5, 5.41) is 3.98. The lowest BCUT2D eigenvalue weighted by Gasteiger charge is -2.30. The van der Waals surface area contributed by atoms with Crippen molar-refractivity contribution in [3.05, 3.63) is 0 Å². The van der Waals surface area contributed by atoms with Crippen LogP contribution in [0.15, 0.2) is 0 Å². The molecule has 2 rings (SSSR count). The number of nitrogens with zero attached hydrogens (tertiary/aromatic N) is 2. The van der Waals surface area contributed by atoms with E-state index in [2.05, 4.69) is 10.9 Å². The third-order valence-electron chi connectivity index (χ3n) is 2.54. The first-order chi connectivity index (χ1) is 7.84. The first-order valence-electron chi connectivity index (χ1n) is 5.57. The van der Waals surface area contributed by atoms with E-state index in [1.807, 2.05) is 33.5 Å². The number of rotatable bonds is 2. The predicted octanol–water partition coefficient (Wildman–Crippen LogP) is 0.213. The maximum atomic E-state index is 11.7. The Hall–Kier alpha value is -0.110. The van der Waals surface area contributed by atoms with E-state index in [1.165, 1.54) is 0 Å². The second kappa shape index (κ2) is 6.58. The van der Waals surface area contributed by atoms with Crippen molar-refractivity contribution in [1.29, 1.82) is 0 Å². The smallest absolute Gasteiger partial charge is 0.269 e. The normalized spacial score (nSPS) is 24.0. The average molecular weight is 262 g/mol. The van der Waals surface area contributed by atoms with Gasteiger partial charge in [0.15, 0.2) is 0 Å². The summed E-state index contributed by atoms with van der Waals surface area (Å²) in [6.07, 6.45) is 0. The van der Waals surface area contributed by atoms with Gasteiger partial charge in [0, 0.05) is 49.2 Å². The van der Waals surface area contributed by atoms with E-state index in [1.54, 1.807) is 0 Å². The highest BCUT2D eigenvalue weighted by atomic mass is 32.2. The van der Waals surface area contributed by atoms with Crippen LogP contribution in [0.5, 0.6) is 0 Å². The molecule has 0 saturated carbocycles. The lowest BCUT2D eigenvalue weighted by molar-refractivity contribution is 0.151. The van der Waals surface area contributed by atoms with E-state index in [9.17, 15) is 4.79 Å². The molecule has 2 aliphatic rings. The number of thioether (sulfide) groups is 2. The summed E-state index contributed by atoms with van der Waals surface area (Å²) in [7, 11) is 0. The van der Waals surface area contributed by atoms with Gasteiger partial charge in [-0.1, -0.05) is 0 Å². The molecule has 0 atom stereocenters. The molecule has 0 unspecified atom stereocenters. The first-order valence-corrected chi connectivity index (χ1v) is 7.88. The van der Waals surface area contributed by atoms with Gasteiger partial charge in [0.1, 0.15) is 0 Å². The molecule has 92 valence electrons. The molecule has 7 heteroatoms. The molecular weight excluding hydrogens is 244 g/mol. The molecule has 2 fully saturated rings. The summed E-state index contributed by atoms with van der Waals surface area (Å²) in [6, 6.07) is -0.0983. The Balaban J connectivity index is 1.66. The largest absolute Gasteiger partial charge is 0.343 e. The highest BCUT2D eigenvalue weighted by Gasteiger charge is 2.16. The van der Waals surface area contributed by atoms with E-state index in [-0.39, 0.29) is 6.03 Å². The van der Waals surface area contributed by atoms with Crippen molar-refractivity contribution in [2.75, 3.05) is 49.2 Å². The van der Waals surface area contributed by atoms with Crippen LogP contribution in [0.3, 0.4) is 0 Å². The molecule has 2 heterocycles. The first kappa shape index (κ1) is 12.3. The van der Waals surface area contributed by atoms with Crippen molar-refractivity contribution < 1.29 is 4.79 Å². The van der Waals surface area contributed by atoms with Gasteiger partial charge < -0.3 is 0 Å². The second-order valence-corrected chi connectivity index (χ2v) is 6.20. The molecule has 0 bridgehead atoms. The summed E-state index contributed by atoms with van der Waals surface area (Å²) in [5.74, 6) is 4.39. The lowest BCUT2D eigenvalue weighted by Crippen LogP contribution is -2.56. The lowest BCUT2D eigenvalue weighted by atomic mass is 10.6. The zero-order valence-corrected chi connectivity index (χ0v) is 10.9. The Bertz CT molecular complexity index is 208. The summed E-state index contributed by atoms with van der Waals surface area (Å²) in [4.78, 5) is 11.7. The predicted molar refractivity (Wildman–Crippen MR) is 69.5 cm³/mol. The highest BCUT2D eigenvalue weighted by molar-refractivity contribution is 7.99. The number of urea groups is 1.